The highest BCUT2D eigenvalue weighted by Crippen LogP contribution is 2.08. The van der Waals surface area contributed by atoms with Crippen LogP contribution in [0.15, 0.2) is 29.5 Å². The van der Waals surface area contributed by atoms with Gasteiger partial charge in [0.15, 0.2) is 0 Å². The first-order valence-electron chi connectivity index (χ1n) is 5.74. The predicted molar refractivity (Wildman–Crippen MR) is 65.6 cm³/mol. The van der Waals surface area contributed by atoms with Gasteiger partial charge in [-0.1, -0.05) is 6.07 Å². The van der Waals surface area contributed by atoms with E-state index in [1.165, 1.54) is 0 Å². The van der Waals surface area contributed by atoms with E-state index in [9.17, 15) is 9.59 Å². The first-order chi connectivity index (χ1) is 8.66. The van der Waals surface area contributed by atoms with Crippen molar-refractivity contribution in [2.75, 3.05) is 0 Å². The molecular formula is C12H14N4O2. The molecule has 0 saturated heterocycles. The summed E-state index contributed by atoms with van der Waals surface area (Å²) in [5, 5.41) is 6.54. The van der Waals surface area contributed by atoms with Crippen LogP contribution in [-0.2, 0) is 9.59 Å². The summed E-state index contributed by atoms with van der Waals surface area (Å²) < 4.78 is 0. The van der Waals surface area contributed by atoms with Crippen LogP contribution in [0.4, 0.5) is 0 Å². The maximum absolute atomic E-state index is 11.9. The summed E-state index contributed by atoms with van der Waals surface area (Å²) in [7, 11) is 0. The second kappa shape index (κ2) is 5.39. The number of rotatable bonds is 3. The fraction of sp³-hybridized carbons (Fsp3) is 0.333. The second-order valence-corrected chi connectivity index (χ2v) is 4.04. The highest BCUT2D eigenvalue weighted by atomic mass is 16.2. The minimum atomic E-state index is -0.270. The normalized spacial score (nSPS) is 16.5. The highest BCUT2D eigenvalue weighted by molar-refractivity contribution is 6.39. The second-order valence-electron chi connectivity index (χ2n) is 4.04. The van der Waals surface area contributed by atoms with Crippen LogP contribution in [0.3, 0.4) is 0 Å². The number of hydrazone groups is 1. The van der Waals surface area contributed by atoms with E-state index in [4.69, 9.17) is 0 Å². The maximum Gasteiger partial charge on any atom is 0.268 e. The van der Waals surface area contributed by atoms with E-state index in [2.05, 4.69) is 20.8 Å². The van der Waals surface area contributed by atoms with E-state index < -0.39 is 0 Å². The van der Waals surface area contributed by atoms with Crippen LogP contribution in [0.25, 0.3) is 0 Å². The number of nitrogens with zero attached hydrogens (tertiary/aromatic N) is 2. The maximum atomic E-state index is 11.9. The fourth-order valence-electron chi connectivity index (χ4n) is 1.62. The lowest BCUT2D eigenvalue weighted by molar-refractivity contribution is -0.121. The van der Waals surface area contributed by atoms with Crippen molar-refractivity contribution in [3.63, 3.8) is 0 Å². The van der Waals surface area contributed by atoms with Gasteiger partial charge in [-0.2, -0.15) is 5.10 Å². The zero-order chi connectivity index (χ0) is 13.0. The average molecular weight is 246 g/mol. The molecule has 2 rings (SSSR count). The Bertz CT molecular complexity index is 484. The molecule has 18 heavy (non-hydrogen) atoms. The van der Waals surface area contributed by atoms with E-state index in [0.29, 0.717) is 18.6 Å². The SMILES string of the molecule is CC(NC(=O)C1=NNC(=O)CC1)c1ccccn1. The Labute approximate surface area is 104 Å². The largest absolute Gasteiger partial charge is 0.343 e. The third kappa shape index (κ3) is 2.91. The molecule has 1 aliphatic rings. The van der Waals surface area contributed by atoms with Crippen molar-refractivity contribution in [3.05, 3.63) is 30.1 Å². The predicted octanol–water partition coefficient (Wildman–Crippen LogP) is 0.525. The minimum Gasteiger partial charge on any atom is -0.343 e. The molecule has 2 amide bonds. The smallest absolute Gasteiger partial charge is 0.268 e. The minimum absolute atomic E-state index is 0.163. The highest BCUT2D eigenvalue weighted by Gasteiger charge is 2.20. The van der Waals surface area contributed by atoms with Gasteiger partial charge in [-0.15, -0.1) is 0 Å². The van der Waals surface area contributed by atoms with Crippen molar-refractivity contribution >= 4 is 17.5 Å². The molecule has 2 heterocycles. The molecule has 1 aliphatic heterocycles. The van der Waals surface area contributed by atoms with Crippen molar-refractivity contribution in [1.29, 1.82) is 0 Å². The Morgan fingerprint density at radius 3 is 2.89 bits per heavy atom. The topological polar surface area (TPSA) is 83.5 Å². The monoisotopic (exact) mass is 246 g/mol. The summed E-state index contributed by atoms with van der Waals surface area (Å²) in [6.45, 7) is 1.85. The van der Waals surface area contributed by atoms with Gasteiger partial charge >= 0.3 is 0 Å². The number of amides is 2. The lowest BCUT2D eigenvalue weighted by Crippen LogP contribution is -2.38. The van der Waals surface area contributed by atoms with Gasteiger partial charge in [0.2, 0.25) is 5.91 Å². The van der Waals surface area contributed by atoms with Gasteiger partial charge < -0.3 is 5.32 Å². The molecule has 0 fully saturated rings. The summed E-state index contributed by atoms with van der Waals surface area (Å²) in [4.78, 5) is 26.9. The molecule has 6 nitrogen and oxygen atoms in total. The fourth-order valence-corrected chi connectivity index (χ4v) is 1.62. The number of carbonyl (C=O) groups is 2. The number of nitrogens with one attached hydrogen (secondary N) is 2. The number of hydrogen-bond donors (Lipinski definition) is 2. The first-order valence-corrected chi connectivity index (χ1v) is 5.74. The molecule has 0 saturated carbocycles. The van der Waals surface area contributed by atoms with Crippen LogP contribution in [0.1, 0.15) is 31.5 Å². The quantitative estimate of drug-likeness (QED) is 0.815. The summed E-state index contributed by atoms with van der Waals surface area (Å²) in [5.41, 5.74) is 3.43. The molecular weight excluding hydrogens is 232 g/mol. The van der Waals surface area contributed by atoms with E-state index >= 15 is 0 Å². The van der Waals surface area contributed by atoms with Crippen LogP contribution in [0, 0.1) is 0 Å². The molecule has 0 bridgehead atoms. The standard InChI is InChI=1S/C12H14N4O2/c1-8(9-4-2-3-7-13-9)14-12(18)10-5-6-11(17)16-15-10/h2-4,7-8H,5-6H2,1H3,(H,14,18)(H,16,17). The van der Waals surface area contributed by atoms with Crippen molar-refractivity contribution in [2.24, 2.45) is 5.10 Å². The Hall–Kier alpha value is -2.24. The third-order valence-corrected chi connectivity index (χ3v) is 2.65. The molecule has 0 radical (unpaired) electrons. The van der Waals surface area contributed by atoms with Crippen molar-refractivity contribution in [1.82, 2.24) is 15.7 Å². The van der Waals surface area contributed by atoms with Crippen LogP contribution < -0.4 is 10.7 Å². The number of pyridine rings is 1. The van der Waals surface area contributed by atoms with Crippen molar-refractivity contribution in [2.45, 2.75) is 25.8 Å². The van der Waals surface area contributed by atoms with Gasteiger partial charge in [0.1, 0.15) is 5.71 Å². The van der Waals surface area contributed by atoms with E-state index in [0.717, 1.165) is 5.69 Å². The molecule has 0 aromatic carbocycles. The molecule has 1 aromatic heterocycles. The van der Waals surface area contributed by atoms with E-state index in [-0.39, 0.29) is 17.9 Å². The van der Waals surface area contributed by atoms with Crippen LogP contribution in [0.5, 0.6) is 0 Å². The number of aromatic nitrogens is 1. The van der Waals surface area contributed by atoms with Crippen molar-refractivity contribution in [3.8, 4) is 0 Å². The zero-order valence-electron chi connectivity index (χ0n) is 10.0. The molecule has 0 spiro atoms. The molecule has 6 heteroatoms. The van der Waals surface area contributed by atoms with E-state index in [1.54, 1.807) is 6.20 Å². The molecule has 2 N–H and O–H groups in total. The summed E-state index contributed by atoms with van der Waals surface area (Å²) in [5.74, 6) is -0.433. The summed E-state index contributed by atoms with van der Waals surface area (Å²) in [6, 6.07) is 5.33. The Kier molecular flexibility index (Phi) is 3.66. The van der Waals surface area contributed by atoms with Crippen LogP contribution in [0.2, 0.25) is 0 Å². The first kappa shape index (κ1) is 12.2. The lowest BCUT2D eigenvalue weighted by Gasteiger charge is -2.16. The van der Waals surface area contributed by atoms with Gasteiger partial charge in [0, 0.05) is 19.0 Å². The number of hydrogen-bond acceptors (Lipinski definition) is 4. The van der Waals surface area contributed by atoms with Crippen molar-refractivity contribution < 1.29 is 9.59 Å². The molecule has 94 valence electrons. The van der Waals surface area contributed by atoms with Crippen LogP contribution in [-0.4, -0.2) is 22.5 Å². The van der Waals surface area contributed by atoms with E-state index in [1.807, 2.05) is 25.1 Å². The average Bonchev–Trinajstić information content (AvgIpc) is 2.40. The lowest BCUT2D eigenvalue weighted by atomic mass is 10.1. The van der Waals surface area contributed by atoms with Gasteiger partial charge in [-0.3, -0.25) is 14.6 Å². The van der Waals surface area contributed by atoms with Gasteiger partial charge in [-0.05, 0) is 19.1 Å². The Morgan fingerprint density at radius 2 is 2.28 bits per heavy atom. The Morgan fingerprint density at radius 1 is 1.44 bits per heavy atom. The van der Waals surface area contributed by atoms with Gasteiger partial charge in [-0.25, -0.2) is 5.43 Å². The molecule has 1 aromatic rings. The van der Waals surface area contributed by atoms with Crippen LogP contribution >= 0.6 is 0 Å². The molecule has 0 aliphatic carbocycles. The van der Waals surface area contributed by atoms with Gasteiger partial charge in [0.05, 0.1) is 11.7 Å². The Balaban J connectivity index is 1.98. The molecule has 1 atom stereocenters. The third-order valence-electron chi connectivity index (χ3n) is 2.65. The number of carbonyl (C=O) groups excluding carboxylic acids is 2. The summed E-state index contributed by atoms with van der Waals surface area (Å²) >= 11 is 0. The van der Waals surface area contributed by atoms with Gasteiger partial charge in [0.25, 0.3) is 5.91 Å². The summed E-state index contributed by atoms with van der Waals surface area (Å²) in [6.07, 6.45) is 2.34. The zero-order valence-corrected chi connectivity index (χ0v) is 10.0. The molecule has 1 unspecified atom stereocenters.